The Morgan fingerprint density at radius 1 is 1.05 bits per heavy atom. The quantitative estimate of drug-likeness (QED) is 0.0943. The number of carbonyl (C=O) groups excluding carboxylic acids is 2. The minimum atomic E-state index is -0.991. The lowest BCUT2D eigenvalue weighted by Gasteiger charge is -2.25. The molecule has 1 saturated heterocycles. The molecule has 4 aromatic rings. The molecule has 0 spiro atoms. The lowest BCUT2D eigenvalue weighted by Crippen LogP contribution is -2.31. The number of carbonyl (C=O) groups is 2. The molecule has 1 N–H and O–H groups in total. The molecule has 1 atom stereocenters. The van der Waals surface area contributed by atoms with E-state index < -0.39 is 22.7 Å². The molecule has 1 unspecified atom stereocenters. The van der Waals surface area contributed by atoms with Crippen molar-refractivity contribution in [3.8, 4) is 5.75 Å². The smallest absolute Gasteiger partial charge is 0.295 e. The predicted octanol–water partition coefficient (Wildman–Crippen LogP) is 5.19. The number of aliphatic hydroxyl groups is 1. The van der Waals surface area contributed by atoms with Gasteiger partial charge in [0, 0.05) is 43.2 Å². The van der Waals surface area contributed by atoms with Gasteiger partial charge in [0.1, 0.15) is 18.1 Å². The standard InChI is InChI=1S/C31H28N4O6/c1-21-6-2-3-7-24(21)19-41-26-12-10-22(11-13-26)29(36)27-28(23-8-4-9-25(18-23)35(39)40)34(31(38)30(27)37)16-5-15-33-17-14-32-20-33/h2-4,6-14,17-18,20,28,36H,5,15-16,19H2,1H3/b29-27+. The van der Waals surface area contributed by atoms with Gasteiger partial charge < -0.3 is 19.3 Å². The van der Waals surface area contributed by atoms with Gasteiger partial charge >= 0.3 is 0 Å². The fraction of sp³-hybridized carbons (Fsp3) is 0.194. The normalized spacial score (nSPS) is 16.2. The number of nitrogens with zero attached hydrogens (tertiary/aromatic N) is 4. The van der Waals surface area contributed by atoms with Gasteiger partial charge in [0.25, 0.3) is 17.4 Å². The van der Waals surface area contributed by atoms with Gasteiger partial charge in [0.2, 0.25) is 0 Å². The molecule has 1 aromatic heterocycles. The third kappa shape index (κ3) is 5.86. The van der Waals surface area contributed by atoms with E-state index in [2.05, 4.69) is 4.98 Å². The Bertz CT molecular complexity index is 1610. The van der Waals surface area contributed by atoms with Crippen LogP contribution in [0.25, 0.3) is 5.76 Å². The number of hydrogen-bond acceptors (Lipinski definition) is 7. The second-order valence-corrected chi connectivity index (χ2v) is 9.74. The van der Waals surface area contributed by atoms with Crippen molar-refractivity contribution >= 4 is 23.1 Å². The molecule has 10 nitrogen and oxygen atoms in total. The number of benzene rings is 3. The molecular formula is C31H28N4O6. The van der Waals surface area contributed by atoms with Crippen LogP contribution in [0.15, 0.2) is 97.1 Å². The number of aliphatic hydroxyl groups excluding tert-OH is 1. The first-order chi connectivity index (χ1) is 19.8. The molecule has 5 rings (SSSR count). The third-order valence-electron chi connectivity index (χ3n) is 7.09. The van der Waals surface area contributed by atoms with Crippen LogP contribution in [0, 0.1) is 17.0 Å². The number of ketones is 1. The molecule has 3 aromatic carbocycles. The highest BCUT2D eigenvalue weighted by Crippen LogP contribution is 2.40. The summed E-state index contributed by atoms with van der Waals surface area (Å²) in [6.45, 7) is 3.12. The lowest BCUT2D eigenvalue weighted by molar-refractivity contribution is -0.384. The van der Waals surface area contributed by atoms with Crippen molar-refractivity contribution in [1.29, 1.82) is 0 Å². The van der Waals surface area contributed by atoms with Crippen molar-refractivity contribution in [1.82, 2.24) is 14.5 Å². The summed E-state index contributed by atoms with van der Waals surface area (Å²) >= 11 is 0. The van der Waals surface area contributed by atoms with Crippen LogP contribution in [-0.4, -0.2) is 42.7 Å². The molecule has 1 aliphatic rings. The Hall–Kier alpha value is -5.25. The highest BCUT2D eigenvalue weighted by atomic mass is 16.6. The molecule has 0 bridgehead atoms. The minimum absolute atomic E-state index is 0.119. The van der Waals surface area contributed by atoms with Gasteiger partial charge in [-0.05, 0) is 54.3 Å². The number of likely N-dealkylation sites (tertiary alicyclic amines) is 1. The van der Waals surface area contributed by atoms with E-state index in [0.29, 0.717) is 36.4 Å². The van der Waals surface area contributed by atoms with Crippen molar-refractivity contribution in [3.05, 3.63) is 129 Å². The van der Waals surface area contributed by atoms with Gasteiger partial charge in [0.05, 0.1) is 22.9 Å². The van der Waals surface area contributed by atoms with Crippen molar-refractivity contribution in [2.75, 3.05) is 6.54 Å². The van der Waals surface area contributed by atoms with E-state index in [-0.39, 0.29) is 23.6 Å². The summed E-state index contributed by atoms with van der Waals surface area (Å²) in [6.07, 6.45) is 5.59. The lowest BCUT2D eigenvalue weighted by atomic mass is 9.95. The zero-order valence-corrected chi connectivity index (χ0v) is 22.3. The molecule has 208 valence electrons. The Morgan fingerprint density at radius 3 is 2.54 bits per heavy atom. The van der Waals surface area contributed by atoms with Crippen molar-refractivity contribution in [2.45, 2.75) is 32.5 Å². The van der Waals surface area contributed by atoms with E-state index in [1.165, 1.54) is 23.1 Å². The summed E-state index contributed by atoms with van der Waals surface area (Å²) in [7, 11) is 0. The number of amides is 1. The van der Waals surface area contributed by atoms with Crippen LogP contribution in [0.3, 0.4) is 0 Å². The molecular weight excluding hydrogens is 524 g/mol. The molecule has 41 heavy (non-hydrogen) atoms. The maximum atomic E-state index is 13.3. The number of nitro benzene ring substituents is 1. The largest absolute Gasteiger partial charge is 0.507 e. The first-order valence-corrected chi connectivity index (χ1v) is 13.1. The molecule has 2 heterocycles. The van der Waals surface area contributed by atoms with Gasteiger partial charge in [-0.15, -0.1) is 0 Å². The fourth-order valence-corrected chi connectivity index (χ4v) is 4.91. The Kier molecular flexibility index (Phi) is 7.91. The molecule has 1 fully saturated rings. The Morgan fingerprint density at radius 2 is 1.83 bits per heavy atom. The fourth-order valence-electron chi connectivity index (χ4n) is 4.91. The second kappa shape index (κ2) is 11.9. The number of nitro groups is 1. The summed E-state index contributed by atoms with van der Waals surface area (Å²) in [4.78, 5) is 42.8. The van der Waals surface area contributed by atoms with E-state index in [9.17, 15) is 24.8 Å². The van der Waals surface area contributed by atoms with Crippen LogP contribution in [-0.2, 0) is 22.7 Å². The molecule has 10 heteroatoms. The zero-order chi connectivity index (χ0) is 28.9. The van der Waals surface area contributed by atoms with Crippen LogP contribution in [0.5, 0.6) is 5.75 Å². The average Bonchev–Trinajstić information content (AvgIpc) is 3.59. The molecule has 1 amide bonds. The maximum absolute atomic E-state index is 13.3. The van der Waals surface area contributed by atoms with Gasteiger partial charge in [-0.1, -0.05) is 36.4 Å². The second-order valence-electron chi connectivity index (χ2n) is 9.74. The highest BCUT2D eigenvalue weighted by Gasteiger charge is 2.46. The van der Waals surface area contributed by atoms with E-state index in [1.54, 1.807) is 49.1 Å². The number of rotatable bonds is 10. The van der Waals surface area contributed by atoms with Gasteiger partial charge in [-0.2, -0.15) is 0 Å². The number of aromatic nitrogens is 2. The molecule has 0 saturated carbocycles. The van der Waals surface area contributed by atoms with Crippen molar-refractivity contribution in [3.63, 3.8) is 0 Å². The number of non-ortho nitro benzene ring substituents is 1. The Labute approximate surface area is 236 Å². The number of aryl methyl sites for hydroxylation is 2. The van der Waals surface area contributed by atoms with E-state index in [1.807, 2.05) is 35.8 Å². The molecule has 0 radical (unpaired) electrons. The SMILES string of the molecule is Cc1ccccc1COc1ccc(/C(O)=C2\C(=O)C(=O)N(CCCn3ccnc3)C2c2cccc([N+](=O)[O-])c2)cc1. The summed E-state index contributed by atoms with van der Waals surface area (Å²) in [5, 5.41) is 22.8. The van der Waals surface area contributed by atoms with Crippen LogP contribution in [0.2, 0.25) is 0 Å². The summed E-state index contributed by atoms with van der Waals surface area (Å²) in [6, 6.07) is 19.3. The number of Topliss-reactive ketones (excluding diaryl/α,β-unsaturated/α-hetero) is 1. The summed E-state index contributed by atoms with van der Waals surface area (Å²) in [5.74, 6) is -1.41. The first kappa shape index (κ1) is 27.3. The monoisotopic (exact) mass is 552 g/mol. The minimum Gasteiger partial charge on any atom is -0.507 e. The van der Waals surface area contributed by atoms with Crippen LogP contribution < -0.4 is 4.74 Å². The highest BCUT2D eigenvalue weighted by molar-refractivity contribution is 6.46. The van der Waals surface area contributed by atoms with Gasteiger partial charge in [-0.25, -0.2) is 4.98 Å². The average molecular weight is 553 g/mol. The number of imidazole rings is 1. The summed E-state index contributed by atoms with van der Waals surface area (Å²) < 4.78 is 7.74. The van der Waals surface area contributed by atoms with Crippen molar-refractivity contribution < 1.29 is 24.4 Å². The van der Waals surface area contributed by atoms with E-state index >= 15 is 0 Å². The number of hydrogen-bond donors (Lipinski definition) is 1. The van der Waals surface area contributed by atoms with Gasteiger partial charge in [-0.3, -0.25) is 19.7 Å². The first-order valence-electron chi connectivity index (χ1n) is 13.1. The van der Waals surface area contributed by atoms with Gasteiger partial charge in [0.15, 0.2) is 0 Å². The van der Waals surface area contributed by atoms with Crippen LogP contribution >= 0.6 is 0 Å². The summed E-state index contributed by atoms with van der Waals surface area (Å²) in [5.41, 5.74) is 2.54. The number of ether oxygens (including phenoxy) is 1. The van der Waals surface area contributed by atoms with E-state index in [0.717, 1.165) is 11.1 Å². The van der Waals surface area contributed by atoms with Crippen molar-refractivity contribution in [2.24, 2.45) is 0 Å². The molecule has 0 aliphatic carbocycles. The van der Waals surface area contributed by atoms with Crippen LogP contribution in [0.1, 0.15) is 34.7 Å². The molecule has 1 aliphatic heterocycles. The maximum Gasteiger partial charge on any atom is 0.295 e. The Balaban J connectivity index is 1.45. The topological polar surface area (TPSA) is 128 Å². The van der Waals surface area contributed by atoms with Crippen LogP contribution in [0.4, 0.5) is 5.69 Å². The van der Waals surface area contributed by atoms with E-state index in [4.69, 9.17) is 4.74 Å². The third-order valence-corrected chi connectivity index (χ3v) is 7.09. The zero-order valence-electron chi connectivity index (χ0n) is 22.3. The predicted molar refractivity (Wildman–Crippen MR) is 151 cm³/mol.